The molecule has 1 aromatic carbocycles. The molecule has 1 aliphatic rings. The molecule has 0 spiro atoms. The van der Waals surface area contributed by atoms with Gasteiger partial charge in [-0.1, -0.05) is 19.4 Å². The van der Waals surface area contributed by atoms with Crippen LogP contribution in [0, 0.1) is 5.82 Å². The van der Waals surface area contributed by atoms with Crippen molar-refractivity contribution in [3.8, 4) is 5.69 Å². The second-order valence-electron chi connectivity index (χ2n) is 5.65. The minimum atomic E-state index is -0.303. The van der Waals surface area contributed by atoms with Crippen LogP contribution in [0.2, 0.25) is 0 Å². The van der Waals surface area contributed by atoms with Crippen molar-refractivity contribution in [3.63, 3.8) is 0 Å². The van der Waals surface area contributed by atoms with E-state index >= 15 is 0 Å². The Balaban J connectivity index is 1.99. The zero-order valence-corrected chi connectivity index (χ0v) is 12.8. The molecule has 1 saturated heterocycles. The second kappa shape index (κ2) is 6.30. The quantitative estimate of drug-likeness (QED) is 0.870. The van der Waals surface area contributed by atoms with E-state index in [1.165, 1.54) is 12.1 Å². The number of rotatable bonds is 4. The van der Waals surface area contributed by atoms with Crippen molar-refractivity contribution in [2.24, 2.45) is 0 Å². The Hall–Kier alpha value is -2.17. The Bertz CT molecular complexity index is 674. The van der Waals surface area contributed by atoms with Gasteiger partial charge in [0.15, 0.2) is 0 Å². The lowest BCUT2D eigenvalue weighted by Crippen LogP contribution is -2.28. The van der Waals surface area contributed by atoms with Gasteiger partial charge in [-0.3, -0.25) is 4.79 Å². The molecule has 0 radical (unpaired) electrons. The highest BCUT2D eigenvalue weighted by molar-refractivity contribution is 5.95. The third kappa shape index (κ3) is 2.75. The lowest BCUT2D eigenvalue weighted by atomic mass is 10.1. The molecular formula is C17H20FN3O. The number of carbonyl (C=O) groups excluding carboxylic acids is 1. The van der Waals surface area contributed by atoms with Crippen molar-refractivity contribution in [1.82, 2.24) is 14.7 Å². The molecule has 5 heteroatoms. The molecule has 0 N–H and O–H groups in total. The number of hydrogen-bond acceptors (Lipinski definition) is 2. The van der Waals surface area contributed by atoms with Crippen molar-refractivity contribution in [1.29, 1.82) is 0 Å². The monoisotopic (exact) mass is 301 g/mol. The van der Waals surface area contributed by atoms with Crippen LogP contribution in [0.15, 0.2) is 30.5 Å². The molecule has 0 atom stereocenters. The Labute approximate surface area is 129 Å². The van der Waals surface area contributed by atoms with E-state index in [9.17, 15) is 9.18 Å². The minimum absolute atomic E-state index is 0.0450. The summed E-state index contributed by atoms with van der Waals surface area (Å²) in [7, 11) is 0. The molecule has 116 valence electrons. The highest BCUT2D eigenvalue weighted by atomic mass is 19.1. The van der Waals surface area contributed by atoms with Crippen LogP contribution in [0.1, 0.15) is 42.2 Å². The first-order valence-electron chi connectivity index (χ1n) is 7.83. The summed E-state index contributed by atoms with van der Waals surface area (Å²) in [5.74, 6) is -0.258. The molecule has 3 rings (SSSR count). The Morgan fingerprint density at radius 3 is 2.77 bits per heavy atom. The van der Waals surface area contributed by atoms with Gasteiger partial charge in [-0.05, 0) is 37.5 Å². The highest BCUT2D eigenvalue weighted by Crippen LogP contribution is 2.21. The molecule has 1 aliphatic heterocycles. The molecule has 1 amide bonds. The normalized spacial score (nSPS) is 14.5. The maximum absolute atomic E-state index is 13.5. The molecule has 22 heavy (non-hydrogen) atoms. The zero-order valence-electron chi connectivity index (χ0n) is 12.8. The largest absolute Gasteiger partial charge is 0.339 e. The number of amides is 1. The van der Waals surface area contributed by atoms with Crippen LogP contribution in [0.25, 0.3) is 5.69 Å². The first kappa shape index (κ1) is 14.8. The summed E-state index contributed by atoms with van der Waals surface area (Å²) >= 11 is 0. The fourth-order valence-electron chi connectivity index (χ4n) is 2.95. The van der Waals surface area contributed by atoms with E-state index in [4.69, 9.17) is 0 Å². The average molecular weight is 301 g/mol. The Morgan fingerprint density at radius 2 is 2.09 bits per heavy atom. The molecule has 1 fully saturated rings. The number of benzene rings is 1. The minimum Gasteiger partial charge on any atom is -0.339 e. The standard InChI is InChI=1S/C17H20FN3O/c1-2-6-16-15(17(22)20-9-3-4-10-20)12-19-21(16)14-8-5-7-13(18)11-14/h5,7-8,11-12H,2-4,6,9-10H2,1H3. The second-order valence-corrected chi connectivity index (χ2v) is 5.65. The third-order valence-corrected chi connectivity index (χ3v) is 4.03. The first-order valence-corrected chi connectivity index (χ1v) is 7.83. The van der Waals surface area contributed by atoms with E-state index in [1.54, 1.807) is 23.0 Å². The molecule has 1 aromatic heterocycles. The van der Waals surface area contributed by atoms with Crippen molar-refractivity contribution in [3.05, 3.63) is 47.5 Å². The Morgan fingerprint density at radius 1 is 1.32 bits per heavy atom. The third-order valence-electron chi connectivity index (χ3n) is 4.03. The van der Waals surface area contributed by atoms with Gasteiger partial charge in [-0.15, -0.1) is 0 Å². The van der Waals surface area contributed by atoms with Gasteiger partial charge in [0.25, 0.3) is 5.91 Å². The lowest BCUT2D eigenvalue weighted by Gasteiger charge is -2.16. The van der Waals surface area contributed by atoms with Gasteiger partial charge in [0, 0.05) is 13.1 Å². The van der Waals surface area contributed by atoms with Crippen molar-refractivity contribution in [2.75, 3.05) is 13.1 Å². The predicted molar refractivity (Wildman–Crippen MR) is 82.7 cm³/mol. The molecule has 0 saturated carbocycles. The van der Waals surface area contributed by atoms with E-state index in [1.807, 2.05) is 4.90 Å². The first-order chi connectivity index (χ1) is 10.7. The van der Waals surface area contributed by atoms with E-state index < -0.39 is 0 Å². The summed E-state index contributed by atoms with van der Waals surface area (Å²) < 4.78 is 15.2. The van der Waals surface area contributed by atoms with Crippen LogP contribution in [0.5, 0.6) is 0 Å². The summed E-state index contributed by atoms with van der Waals surface area (Å²) in [6.45, 7) is 3.69. The van der Waals surface area contributed by atoms with Crippen molar-refractivity contribution < 1.29 is 9.18 Å². The molecular weight excluding hydrogens is 281 g/mol. The number of likely N-dealkylation sites (tertiary alicyclic amines) is 1. The molecule has 4 nitrogen and oxygen atoms in total. The smallest absolute Gasteiger partial charge is 0.257 e. The molecule has 2 heterocycles. The summed E-state index contributed by atoms with van der Waals surface area (Å²) in [5, 5.41) is 4.34. The number of hydrogen-bond donors (Lipinski definition) is 0. The van der Waals surface area contributed by atoms with E-state index in [-0.39, 0.29) is 11.7 Å². The Kier molecular flexibility index (Phi) is 4.22. The van der Waals surface area contributed by atoms with E-state index in [0.29, 0.717) is 11.3 Å². The summed E-state index contributed by atoms with van der Waals surface area (Å²) in [5.41, 5.74) is 2.17. The lowest BCUT2D eigenvalue weighted by molar-refractivity contribution is 0.0791. The van der Waals surface area contributed by atoms with Crippen LogP contribution in [0.3, 0.4) is 0 Å². The zero-order chi connectivity index (χ0) is 15.5. The van der Waals surface area contributed by atoms with Gasteiger partial charge in [-0.25, -0.2) is 9.07 Å². The van der Waals surface area contributed by atoms with E-state index in [0.717, 1.165) is 44.5 Å². The van der Waals surface area contributed by atoms with Crippen LogP contribution < -0.4 is 0 Å². The average Bonchev–Trinajstić information content (AvgIpc) is 3.17. The summed E-state index contributed by atoms with van der Waals surface area (Å²) in [6.07, 6.45) is 5.39. The van der Waals surface area contributed by atoms with Crippen molar-refractivity contribution >= 4 is 5.91 Å². The number of aromatic nitrogens is 2. The number of halogens is 1. The van der Waals surface area contributed by atoms with Crippen molar-refractivity contribution in [2.45, 2.75) is 32.6 Å². The molecule has 2 aromatic rings. The SMILES string of the molecule is CCCc1c(C(=O)N2CCCC2)cnn1-c1cccc(F)c1. The predicted octanol–water partition coefficient (Wildman–Crippen LogP) is 3.20. The van der Waals surface area contributed by atoms with E-state index in [2.05, 4.69) is 12.0 Å². The maximum atomic E-state index is 13.5. The summed E-state index contributed by atoms with van der Waals surface area (Å²) in [4.78, 5) is 14.5. The van der Waals surface area contributed by atoms with Crippen LogP contribution >= 0.6 is 0 Å². The fraction of sp³-hybridized carbons (Fsp3) is 0.412. The molecule has 0 aliphatic carbocycles. The van der Waals surface area contributed by atoms with Gasteiger partial charge in [0.2, 0.25) is 0 Å². The van der Waals surface area contributed by atoms with Gasteiger partial charge in [0.05, 0.1) is 23.1 Å². The molecule has 0 bridgehead atoms. The van der Waals surface area contributed by atoms with Gasteiger partial charge in [0.1, 0.15) is 5.82 Å². The van der Waals surface area contributed by atoms with Gasteiger partial charge < -0.3 is 4.90 Å². The topological polar surface area (TPSA) is 38.1 Å². The highest BCUT2D eigenvalue weighted by Gasteiger charge is 2.24. The number of nitrogens with zero attached hydrogens (tertiary/aromatic N) is 3. The van der Waals surface area contributed by atoms with Gasteiger partial charge >= 0.3 is 0 Å². The van der Waals surface area contributed by atoms with Crippen LogP contribution in [-0.4, -0.2) is 33.7 Å². The number of carbonyl (C=O) groups is 1. The maximum Gasteiger partial charge on any atom is 0.257 e. The van der Waals surface area contributed by atoms with Crippen LogP contribution in [0.4, 0.5) is 4.39 Å². The van der Waals surface area contributed by atoms with Crippen LogP contribution in [-0.2, 0) is 6.42 Å². The molecule has 0 unspecified atom stereocenters. The fourth-order valence-corrected chi connectivity index (χ4v) is 2.95. The van der Waals surface area contributed by atoms with Gasteiger partial charge in [-0.2, -0.15) is 5.10 Å². The summed E-state index contributed by atoms with van der Waals surface area (Å²) in [6, 6.07) is 6.31.